The van der Waals surface area contributed by atoms with Crippen molar-refractivity contribution in [2.45, 2.75) is 20.3 Å². The summed E-state index contributed by atoms with van der Waals surface area (Å²) >= 11 is 0. The quantitative estimate of drug-likeness (QED) is 0.782. The third-order valence-corrected chi connectivity index (χ3v) is 2.95. The van der Waals surface area contributed by atoms with Crippen LogP contribution in [0, 0.1) is 0 Å². The zero-order valence-electron chi connectivity index (χ0n) is 10.5. The van der Waals surface area contributed by atoms with E-state index in [0.29, 0.717) is 0 Å². The molecule has 1 aromatic rings. The van der Waals surface area contributed by atoms with Crippen molar-refractivity contribution >= 4 is 11.4 Å². The first-order chi connectivity index (χ1) is 8.22. The first kappa shape index (κ1) is 11.6. The summed E-state index contributed by atoms with van der Waals surface area (Å²) in [5, 5.41) is 3.20. The van der Waals surface area contributed by atoms with Crippen LogP contribution in [0.15, 0.2) is 53.2 Å². The van der Waals surface area contributed by atoms with E-state index in [1.54, 1.807) is 0 Å². The molecule has 0 bridgehead atoms. The number of benzene rings is 1. The van der Waals surface area contributed by atoms with Crippen LogP contribution in [0.25, 0.3) is 0 Å². The Hall–Kier alpha value is -1.83. The summed E-state index contributed by atoms with van der Waals surface area (Å²) < 4.78 is 0. The van der Waals surface area contributed by atoms with Gasteiger partial charge in [-0.3, -0.25) is 4.99 Å². The molecule has 17 heavy (non-hydrogen) atoms. The molecule has 2 heteroatoms. The Morgan fingerprint density at radius 1 is 1.47 bits per heavy atom. The molecule has 0 fully saturated rings. The number of hydrogen-bond donors (Lipinski definition) is 1. The van der Waals surface area contributed by atoms with E-state index in [4.69, 9.17) is 0 Å². The monoisotopic (exact) mass is 226 g/mol. The fraction of sp³-hybridized carbons (Fsp3) is 0.267. The van der Waals surface area contributed by atoms with E-state index in [1.165, 1.54) is 5.56 Å². The fourth-order valence-corrected chi connectivity index (χ4v) is 1.88. The van der Waals surface area contributed by atoms with E-state index in [2.05, 4.69) is 48.9 Å². The summed E-state index contributed by atoms with van der Waals surface area (Å²) in [5.74, 6) is 0. The first-order valence-corrected chi connectivity index (χ1v) is 5.97. The van der Waals surface area contributed by atoms with Gasteiger partial charge in [-0.15, -0.1) is 0 Å². The molecule has 0 saturated carbocycles. The van der Waals surface area contributed by atoms with Gasteiger partial charge < -0.3 is 5.32 Å². The molecule has 2 rings (SSSR count). The maximum Gasteiger partial charge on any atom is 0.0669 e. The third kappa shape index (κ3) is 2.47. The molecule has 0 radical (unpaired) electrons. The van der Waals surface area contributed by atoms with Gasteiger partial charge in [0.1, 0.15) is 0 Å². The number of nitrogens with one attached hydrogen (secondary N) is 1. The highest BCUT2D eigenvalue weighted by Gasteiger charge is 2.16. The summed E-state index contributed by atoms with van der Waals surface area (Å²) in [6, 6.07) is 8.26. The predicted octanol–water partition coefficient (Wildman–Crippen LogP) is 3.38. The lowest BCUT2D eigenvalue weighted by Gasteiger charge is -2.06. The lowest BCUT2D eigenvalue weighted by molar-refractivity contribution is 0.910. The highest BCUT2D eigenvalue weighted by atomic mass is 14.8. The van der Waals surface area contributed by atoms with E-state index < -0.39 is 0 Å². The number of fused-ring (bicyclic) bond motifs is 1. The van der Waals surface area contributed by atoms with Crippen molar-refractivity contribution in [1.29, 1.82) is 0 Å². The van der Waals surface area contributed by atoms with Crippen molar-refractivity contribution < 1.29 is 0 Å². The van der Waals surface area contributed by atoms with Crippen LogP contribution in [0.1, 0.15) is 19.4 Å². The van der Waals surface area contributed by atoms with Crippen molar-refractivity contribution in [3.8, 4) is 0 Å². The molecule has 2 nitrogen and oxygen atoms in total. The first-order valence-electron chi connectivity index (χ1n) is 5.97. The minimum Gasteiger partial charge on any atom is -0.391 e. The molecule has 1 N–H and O–H groups in total. The average molecular weight is 226 g/mol. The number of nitrogens with zero attached hydrogens (tertiary/aromatic N) is 1. The van der Waals surface area contributed by atoms with Crippen molar-refractivity contribution in [2.75, 3.05) is 6.54 Å². The lowest BCUT2D eigenvalue weighted by atomic mass is 10.0. The lowest BCUT2D eigenvalue weighted by Crippen LogP contribution is -2.08. The van der Waals surface area contributed by atoms with Crippen LogP contribution in [-0.2, 0) is 6.42 Å². The van der Waals surface area contributed by atoms with Crippen molar-refractivity contribution in [3.05, 3.63) is 53.8 Å². The van der Waals surface area contributed by atoms with Gasteiger partial charge >= 0.3 is 0 Å². The van der Waals surface area contributed by atoms with Crippen LogP contribution in [-0.4, -0.2) is 12.3 Å². The molecule has 0 aromatic heterocycles. The number of allylic oxidation sites excluding steroid dienone is 2. The van der Waals surface area contributed by atoms with Crippen LogP contribution in [0.2, 0.25) is 0 Å². The van der Waals surface area contributed by atoms with Gasteiger partial charge in [0.25, 0.3) is 0 Å². The molecule has 0 saturated heterocycles. The van der Waals surface area contributed by atoms with Gasteiger partial charge in [0.15, 0.2) is 0 Å². The number of aliphatic imine (C=N–C) groups is 1. The van der Waals surface area contributed by atoms with Gasteiger partial charge in [-0.05, 0) is 36.6 Å². The molecule has 0 amide bonds. The Morgan fingerprint density at radius 2 is 2.24 bits per heavy atom. The Labute approximate surface area is 103 Å². The molecule has 1 aromatic carbocycles. The zero-order chi connectivity index (χ0) is 12.3. The highest BCUT2D eigenvalue weighted by Crippen LogP contribution is 2.29. The van der Waals surface area contributed by atoms with E-state index in [0.717, 1.165) is 35.5 Å². The highest BCUT2D eigenvalue weighted by molar-refractivity contribution is 6.08. The molecule has 0 aliphatic carbocycles. The summed E-state index contributed by atoms with van der Waals surface area (Å²) in [6.07, 6.45) is 2.90. The van der Waals surface area contributed by atoms with E-state index >= 15 is 0 Å². The Bertz CT molecular complexity index is 495. The van der Waals surface area contributed by atoms with Crippen LogP contribution in [0.5, 0.6) is 0 Å². The van der Waals surface area contributed by atoms with Crippen LogP contribution in [0.3, 0.4) is 0 Å². The zero-order valence-corrected chi connectivity index (χ0v) is 10.5. The molecule has 0 unspecified atom stereocenters. The second-order valence-electron chi connectivity index (χ2n) is 4.23. The topological polar surface area (TPSA) is 24.4 Å². The molecule has 1 aliphatic heterocycles. The normalized spacial score (nSPS) is 14.2. The van der Waals surface area contributed by atoms with Gasteiger partial charge in [-0.1, -0.05) is 24.8 Å². The maximum absolute atomic E-state index is 4.63. The van der Waals surface area contributed by atoms with Gasteiger partial charge in [0.05, 0.1) is 11.4 Å². The van der Waals surface area contributed by atoms with Crippen molar-refractivity contribution in [2.24, 2.45) is 4.99 Å². The van der Waals surface area contributed by atoms with Gasteiger partial charge in [-0.2, -0.15) is 0 Å². The molecule has 0 spiro atoms. The van der Waals surface area contributed by atoms with Gasteiger partial charge in [-0.25, -0.2) is 0 Å². The molecular weight excluding hydrogens is 208 g/mol. The minimum atomic E-state index is 0.895. The fourth-order valence-electron chi connectivity index (χ4n) is 1.88. The molecule has 1 heterocycles. The Kier molecular flexibility index (Phi) is 3.43. The summed E-state index contributed by atoms with van der Waals surface area (Å²) in [7, 11) is 0. The maximum atomic E-state index is 4.63. The van der Waals surface area contributed by atoms with E-state index in [1.807, 2.05) is 12.3 Å². The molecule has 88 valence electrons. The molecular formula is C15H18N2. The van der Waals surface area contributed by atoms with E-state index in [9.17, 15) is 0 Å². The second-order valence-corrected chi connectivity index (χ2v) is 4.23. The second kappa shape index (κ2) is 5.00. The standard InChI is InChI=1S/C15H18N2/c1-4-16-10-11(2)12(3)15-9-13-7-5-6-8-14(13)17-15/h5-8,10,16H,3-4,9H2,1-2H3/b11-10-. The van der Waals surface area contributed by atoms with Crippen molar-refractivity contribution in [1.82, 2.24) is 5.32 Å². The third-order valence-electron chi connectivity index (χ3n) is 2.95. The van der Waals surface area contributed by atoms with Crippen molar-refractivity contribution in [3.63, 3.8) is 0 Å². The largest absolute Gasteiger partial charge is 0.391 e. The SMILES string of the molecule is C=C(C1=Nc2ccccc2C1)/C(C)=C\NCC. The predicted molar refractivity (Wildman–Crippen MR) is 73.8 cm³/mol. The smallest absolute Gasteiger partial charge is 0.0669 e. The van der Waals surface area contributed by atoms with Crippen LogP contribution < -0.4 is 5.32 Å². The average Bonchev–Trinajstić information content (AvgIpc) is 2.78. The van der Waals surface area contributed by atoms with Crippen LogP contribution >= 0.6 is 0 Å². The Morgan fingerprint density at radius 3 is 2.94 bits per heavy atom. The minimum absolute atomic E-state index is 0.895. The van der Waals surface area contributed by atoms with Crippen LogP contribution in [0.4, 0.5) is 5.69 Å². The van der Waals surface area contributed by atoms with E-state index in [-0.39, 0.29) is 0 Å². The number of rotatable bonds is 4. The van der Waals surface area contributed by atoms with Gasteiger partial charge in [0.2, 0.25) is 0 Å². The number of para-hydroxylation sites is 1. The summed E-state index contributed by atoms with van der Waals surface area (Å²) in [5.41, 5.74) is 5.64. The summed E-state index contributed by atoms with van der Waals surface area (Å²) in [4.78, 5) is 4.63. The summed E-state index contributed by atoms with van der Waals surface area (Å²) in [6.45, 7) is 9.21. The molecule has 0 atom stereocenters. The Balaban J connectivity index is 2.15. The molecule has 1 aliphatic rings. The number of hydrogen-bond acceptors (Lipinski definition) is 2. The van der Waals surface area contributed by atoms with Gasteiger partial charge in [0, 0.05) is 19.2 Å².